The number of rotatable bonds is 11. The Hall–Kier alpha value is -4.67. The summed E-state index contributed by atoms with van der Waals surface area (Å²) in [5, 5.41) is 17.3. The number of aromatic carboxylic acids is 1. The van der Waals surface area contributed by atoms with E-state index in [1.807, 2.05) is 37.3 Å². The van der Waals surface area contributed by atoms with E-state index in [1.54, 1.807) is 67.6 Å². The average molecular weight is 673 g/mol. The van der Waals surface area contributed by atoms with Gasteiger partial charge < -0.3 is 21.1 Å². The Morgan fingerprint density at radius 3 is 2.32 bits per heavy atom. The summed E-state index contributed by atoms with van der Waals surface area (Å²) in [4.78, 5) is 51.7. The molecular weight excluding hydrogens is 642 g/mol. The van der Waals surface area contributed by atoms with Gasteiger partial charge in [-0.2, -0.15) is 0 Å². The van der Waals surface area contributed by atoms with E-state index in [1.165, 1.54) is 23.9 Å². The first kappa shape index (κ1) is 32.2. The van der Waals surface area contributed by atoms with E-state index < -0.39 is 23.0 Å². The second kappa shape index (κ2) is 15.2. The summed E-state index contributed by atoms with van der Waals surface area (Å²) in [6.07, 6.45) is 2.11. The molecule has 8 nitrogen and oxygen atoms in total. The molecule has 0 bridgehead atoms. The topological polar surface area (TPSA) is 125 Å². The Bertz CT molecular complexity index is 1730. The van der Waals surface area contributed by atoms with Gasteiger partial charge >= 0.3 is 5.97 Å². The summed E-state index contributed by atoms with van der Waals surface area (Å²) >= 11 is 4.76. The second-order valence-electron chi connectivity index (χ2n) is 9.75. The number of carboxylic acid groups (broad SMARTS) is 1. The van der Waals surface area contributed by atoms with Crippen LogP contribution >= 0.6 is 27.7 Å². The minimum absolute atomic E-state index is 0.0554. The highest BCUT2D eigenvalue weighted by Gasteiger charge is 2.20. The van der Waals surface area contributed by atoms with Crippen molar-refractivity contribution in [3.8, 4) is 0 Å². The van der Waals surface area contributed by atoms with Crippen molar-refractivity contribution < 1.29 is 24.3 Å². The molecule has 0 heterocycles. The number of thioether (sulfide) groups is 1. The van der Waals surface area contributed by atoms with Gasteiger partial charge in [-0.15, -0.1) is 11.8 Å². The fourth-order valence-electron chi connectivity index (χ4n) is 4.14. The molecule has 224 valence electrons. The van der Waals surface area contributed by atoms with Crippen LogP contribution < -0.4 is 16.0 Å². The second-order valence-corrected chi connectivity index (χ2v) is 11.9. The lowest BCUT2D eigenvalue weighted by Gasteiger charge is -2.17. The molecule has 3 amide bonds. The van der Waals surface area contributed by atoms with Crippen molar-refractivity contribution in [2.24, 2.45) is 0 Å². The van der Waals surface area contributed by atoms with Crippen molar-refractivity contribution in [2.45, 2.75) is 30.4 Å². The largest absolute Gasteiger partial charge is 0.478 e. The fraction of sp³-hybridized carbons (Fsp3) is 0.118. The van der Waals surface area contributed by atoms with Gasteiger partial charge in [-0.25, -0.2) is 4.79 Å². The molecule has 1 atom stereocenters. The van der Waals surface area contributed by atoms with Crippen molar-refractivity contribution in [1.29, 1.82) is 0 Å². The first-order chi connectivity index (χ1) is 21.1. The van der Waals surface area contributed by atoms with Crippen LogP contribution in [0.3, 0.4) is 0 Å². The summed E-state index contributed by atoms with van der Waals surface area (Å²) in [5.41, 5.74) is 2.93. The molecule has 1 unspecified atom stereocenters. The number of halogens is 1. The number of carboxylic acids is 1. The van der Waals surface area contributed by atoms with Crippen LogP contribution in [0.2, 0.25) is 0 Å². The van der Waals surface area contributed by atoms with Gasteiger partial charge in [0.05, 0.1) is 10.8 Å². The average Bonchev–Trinajstić information content (AvgIpc) is 3.01. The summed E-state index contributed by atoms with van der Waals surface area (Å²) in [6.45, 7) is 3.68. The lowest BCUT2D eigenvalue weighted by molar-refractivity contribution is -0.116. The number of aryl methyl sites for hydroxylation is 1. The van der Waals surface area contributed by atoms with Gasteiger partial charge in [0.1, 0.15) is 5.70 Å². The maximum absolute atomic E-state index is 13.5. The van der Waals surface area contributed by atoms with Crippen LogP contribution in [0.15, 0.2) is 112 Å². The number of hydrogen-bond donors (Lipinski definition) is 4. The molecule has 0 saturated heterocycles. The van der Waals surface area contributed by atoms with Crippen LogP contribution in [0.5, 0.6) is 0 Å². The molecule has 0 aliphatic carbocycles. The Balaban J connectivity index is 1.50. The zero-order chi connectivity index (χ0) is 31.6. The number of carbonyl (C=O) groups excluding carboxylic acids is 3. The van der Waals surface area contributed by atoms with E-state index in [9.17, 15) is 24.3 Å². The van der Waals surface area contributed by atoms with Crippen molar-refractivity contribution in [1.82, 2.24) is 5.32 Å². The van der Waals surface area contributed by atoms with Gasteiger partial charge in [0, 0.05) is 26.3 Å². The molecule has 0 spiro atoms. The zero-order valence-electron chi connectivity index (χ0n) is 24.0. The monoisotopic (exact) mass is 671 g/mol. The molecular formula is C34H30BrN3O5S. The molecule has 0 aliphatic rings. The Labute approximate surface area is 268 Å². The molecule has 0 fully saturated rings. The van der Waals surface area contributed by atoms with Crippen LogP contribution in [0, 0.1) is 6.92 Å². The standard InChI is InChI=1S/C34H30BrN3O5S/c1-3-30(33(41)37-28-19-24(34(42)43)16-15-21(28)2)44-27-14-8-13-26(20-27)36-32(40)29(18-22-9-7-12-25(35)17-22)38-31(39)23-10-5-4-6-11-23/h4-20,30H,3H2,1-2H3,(H,36,40)(H,37,41)(H,38,39)(H,42,43)/b29-18+. The number of amides is 3. The zero-order valence-corrected chi connectivity index (χ0v) is 26.4. The molecule has 0 saturated carbocycles. The molecule has 4 rings (SSSR count). The lowest BCUT2D eigenvalue weighted by atomic mass is 10.1. The van der Waals surface area contributed by atoms with Gasteiger partial charge in [-0.1, -0.05) is 65.3 Å². The predicted octanol–water partition coefficient (Wildman–Crippen LogP) is 7.37. The maximum Gasteiger partial charge on any atom is 0.335 e. The first-order valence-corrected chi connectivity index (χ1v) is 15.4. The number of benzene rings is 4. The third-order valence-electron chi connectivity index (χ3n) is 6.46. The van der Waals surface area contributed by atoms with Gasteiger partial charge in [0.15, 0.2) is 0 Å². The number of anilines is 2. The molecule has 44 heavy (non-hydrogen) atoms. The van der Waals surface area contributed by atoms with Crippen molar-refractivity contribution in [3.63, 3.8) is 0 Å². The molecule has 0 radical (unpaired) electrons. The van der Waals surface area contributed by atoms with Gasteiger partial charge in [0.25, 0.3) is 11.8 Å². The Morgan fingerprint density at radius 1 is 0.864 bits per heavy atom. The molecule has 4 aromatic carbocycles. The van der Waals surface area contributed by atoms with Gasteiger partial charge in [-0.05, 0) is 85.1 Å². The predicted molar refractivity (Wildman–Crippen MR) is 178 cm³/mol. The molecule has 4 N–H and O–H groups in total. The molecule has 4 aromatic rings. The molecule has 10 heteroatoms. The number of nitrogens with one attached hydrogen (secondary N) is 3. The highest BCUT2D eigenvalue weighted by atomic mass is 79.9. The van der Waals surface area contributed by atoms with Crippen molar-refractivity contribution in [2.75, 3.05) is 10.6 Å². The maximum atomic E-state index is 13.5. The van der Waals surface area contributed by atoms with Crippen LogP contribution in [-0.2, 0) is 9.59 Å². The lowest BCUT2D eigenvalue weighted by Crippen LogP contribution is -2.30. The van der Waals surface area contributed by atoms with Gasteiger partial charge in [-0.3, -0.25) is 14.4 Å². The van der Waals surface area contributed by atoms with Crippen molar-refractivity contribution >= 4 is 68.8 Å². The smallest absolute Gasteiger partial charge is 0.335 e. The normalized spacial score (nSPS) is 11.8. The van der Waals surface area contributed by atoms with E-state index in [0.29, 0.717) is 28.9 Å². The molecule has 0 aromatic heterocycles. The first-order valence-electron chi connectivity index (χ1n) is 13.7. The van der Waals surface area contributed by atoms with Crippen LogP contribution in [-0.4, -0.2) is 34.0 Å². The fourth-order valence-corrected chi connectivity index (χ4v) is 5.57. The van der Waals surface area contributed by atoms with E-state index in [2.05, 4.69) is 31.9 Å². The SMILES string of the molecule is CCC(Sc1cccc(NC(=O)/C(=C\c2cccc(Br)c2)NC(=O)c2ccccc2)c1)C(=O)Nc1cc(C(=O)O)ccc1C. The third kappa shape index (κ3) is 8.92. The minimum Gasteiger partial charge on any atom is -0.478 e. The number of carbonyl (C=O) groups is 4. The summed E-state index contributed by atoms with van der Waals surface area (Å²) in [5.74, 6) is -2.28. The minimum atomic E-state index is -1.07. The van der Waals surface area contributed by atoms with E-state index >= 15 is 0 Å². The van der Waals surface area contributed by atoms with Crippen LogP contribution in [0.1, 0.15) is 45.2 Å². The van der Waals surface area contributed by atoms with Crippen molar-refractivity contribution in [3.05, 3.63) is 129 Å². The van der Waals surface area contributed by atoms with Crippen LogP contribution in [0.4, 0.5) is 11.4 Å². The summed E-state index contributed by atoms with van der Waals surface area (Å²) in [7, 11) is 0. The summed E-state index contributed by atoms with van der Waals surface area (Å²) < 4.78 is 0.824. The quantitative estimate of drug-likeness (QED) is 0.0975. The Morgan fingerprint density at radius 2 is 1.61 bits per heavy atom. The molecule has 0 aliphatic heterocycles. The highest BCUT2D eigenvalue weighted by molar-refractivity contribution is 9.10. The van der Waals surface area contributed by atoms with Crippen LogP contribution in [0.25, 0.3) is 6.08 Å². The highest BCUT2D eigenvalue weighted by Crippen LogP contribution is 2.29. The number of hydrogen-bond acceptors (Lipinski definition) is 5. The van der Waals surface area contributed by atoms with E-state index in [-0.39, 0.29) is 17.2 Å². The third-order valence-corrected chi connectivity index (χ3v) is 8.32. The Kier molecular flexibility index (Phi) is 11.1. The summed E-state index contributed by atoms with van der Waals surface area (Å²) in [6, 6.07) is 27.6. The van der Waals surface area contributed by atoms with Gasteiger partial charge in [0.2, 0.25) is 5.91 Å². The van der Waals surface area contributed by atoms with E-state index in [4.69, 9.17) is 0 Å². The van der Waals surface area contributed by atoms with E-state index in [0.717, 1.165) is 14.9 Å².